The molecule has 188 valence electrons. The average molecular weight is 514 g/mol. The molecule has 4 N–H and O–H groups in total. The zero-order chi connectivity index (χ0) is 26.3. The standard InChI is InChI=1S/C21H12F10N2O2/c22-10-7-9(19(23,24)25)15(34-13-5-1-3-11(32)17(13)20(26,27)28)8-16(10)35-14-6-2-4-12(33)18(14)21(29,30)31/h1-8H,32-33H2. The van der Waals surface area contributed by atoms with E-state index in [-0.39, 0.29) is 12.1 Å². The summed E-state index contributed by atoms with van der Waals surface area (Å²) in [5.74, 6) is -6.60. The lowest BCUT2D eigenvalue weighted by molar-refractivity contribution is -0.139. The van der Waals surface area contributed by atoms with Crippen molar-refractivity contribution in [1.29, 1.82) is 0 Å². The maximum absolute atomic E-state index is 14.5. The molecule has 0 fully saturated rings. The monoisotopic (exact) mass is 514 g/mol. The fourth-order valence-corrected chi connectivity index (χ4v) is 3.03. The van der Waals surface area contributed by atoms with E-state index in [1.807, 2.05) is 0 Å². The van der Waals surface area contributed by atoms with Crippen LogP contribution in [0.25, 0.3) is 0 Å². The van der Waals surface area contributed by atoms with Gasteiger partial charge in [0, 0.05) is 17.4 Å². The number of ether oxygens (including phenoxy) is 2. The van der Waals surface area contributed by atoms with E-state index in [1.54, 1.807) is 0 Å². The van der Waals surface area contributed by atoms with Crippen LogP contribution in [0.4, 0.5) is 55.3 Å². The van der Waals surface area contributed by atoms with Gasteiger partial charge in [-0.2, -0.15) is 39.5 Å². The highest BCUT2D eigenvalue weighted by atomic mass is 19.4. The summed E-state index contributed by atoms with van der Waals surface area (Å²) in [5, 5.41) is 0. The van der Waals surface area contributed by atoms with Crippen molar-refractivity contribution in [2.75, 3.05) is 11.5 Å². The van der Waals surface area contributed by atoms with Gasteiger partial charge in [0.05, 0.1) is 0 Å². The highest BCUT2D eigenvalue weighted by molar-refractivity contribution is 5.59. The topological polar surface area (TPSA) is 70.5 Å². The number of benzene rings is 3. The molecule has 0 saturated carbocycles. The normalized spacial score (nSPS) is 12.5. The summed E-state index contributed by atoms with van der Waals surface area (Å²) in [6, 6.07) is 4.98. The number of anilines is 2. The molecule has 0 unspecified atom stereocenters. The summed E-state index contributed by atoms with van der Waals surface area (Å²) in [6.07, 6.45) is -15.6. The Kier molecular flexibility index (Phi) is 6.44. The van der Waals surface area contributed by atoms with Crippen molar-refractivity contribution in [2.45, 2.75) is 18.5 Å². The Morgan fingerprint density at radius 3 is 1.37 bits per heavy atom. The molecule has 14 heteroatoms. The van der Waals surface area contributed by atoms with Crippen LogP contribution in [-0.4, -0.2) is 0 Å². The minimum atomic E-state index is -5.33. The molecule has 3 aromatic carbocycles. The molecule has 0 heterocycles. The van der Waals surface area contributed by atoms with Gasteiger partial charge in [-0.15, -0.1) is 0 Å². The molecule has 0 atom stereocenters. The maximum atomic E-state index is 14.5. The molecule has 35 heavy (non-hydrogen) atoms. The van der Waals surface area contributed by atoms with E-state index in [2.05, 4.69) is 0 Å². The van der Waals surface area contributed by atoms with Gasteiger partial charge in [-0.05, 0) is 30.3 Å². The Labute approximate surface area is 189 Å². The highest BCUT2D eigenvalue weighted by Gasteiger charge is 2.40. The van der Waals surface area contributed by atoms with Crippen molar-refractivity contribution in [1.82, 2.24) is 0 Å². The fraction of sp³-hybridized carbons (Fsp3) is 0.143. The van der Waals surface area contributed by atoms with Gasteiger partial charge < -0.3 is 20.9 Å². The van der Waals surface area contributed by atoms with Crippen LogP contribution >= 0.6 is 0 Å². The molecule has 0 aliphatic rings. The number of nitrogens with two attached hydrogens (primary N) is 2. The van der Waals surface area contributed by atoms with E-state index < -0.39 is 75.4 Å². The molecule has 0 saturated heterocycles. The summed E-state index contributed by atoms with van der Waals surface area (Å²) >= 11 is 0. The number of hydrogen-bond donors (Lipinski definition) is 2. The predicted octanol–water partition coefficient (Wildman–Crippen LogP) is 7.63. The first-order chi connectivity index (χ1) is 16.0. The van der Waals surface area contributed by atoms with Crippen LogP contribution in [0.2, 0.25) is 0 Å². The van der Waals surface area contributed by atoms with E-state index in [0.29, 0.717) is 6.07 Å². The van der Waals surface area contributed by atoms with Gasteiger partial charge in [0.2, 0.25) is 0 Å². The summed E-state index contributed by atoms with van der Waals surface area (Å²) < 4.78 is 145. The first-order valence-electron chi connectivity index (χ1n) is 9.18. The number of nitrogen functional groups attached to an aromatic ring is 2. The average Bonchev–Trinajstić information content (AvgIpc) is 2.67. The van der Waals surface area contributed by atoms with Crippen molar-refractivity contribution in [2.24, 2.45) is 0 Å². The third-order valence-corrected chi connectivity index (χ3v) is 4.46. The molecule has 0 bridgehead atoms. The second-order valence-corrected chi connectivity index (χ2v) is 6.92. The maximum Gasteiger partial charge on any atom is 0.421 e. The van der Waals surface area contributed by atoms with Gasteiger partial charge in [0.1, 0.15) is 33.9 Å². The van der Waals surface area contributed by atoms with Crippen LogP contribution in [0.1, 0.15) is 16.7 Å². The van der Waals surface area contributed by atoms with Gasteiger partial charge in [0.15, 0.2) is 11.6 Å². The van der Waals surface area contributed by atoms with Gasteiger partial charge in [-0.1, -0.05) is 12.1 Å². The van der Waals surface area contributed by atoms with Crippen LogP contribution in [0.3, 0.4) is 0 Å². The smallest absolute Gasteiger partial charge is 0.421 e. The Morgan fingerprint density at radius 2 is 0.971 bits per heavy atom. The zero-order valence-electron chi connectivity index (χ0n) is 16.9. The molecule has 3 rings (SSSR count). The quantitative estimate of drug-likeness (QED) is 0.278. The molecule has 0 radical (unpaired) electrons. The number of halogens is 10. The Hall–Kier alpha value is -3.84. The van der Waals surface area contributed by atoms with Crippen molar-refractivity contribution in [3.8, 4) is 23.0 Å². The van der Waals surface area contributed by atoms with Crippen LogP contribution in [0.15, 0.2) is 48.5 Å². The minimum absolute atomic E-state index is 0.171. The molecule has 4 nitrogen and oxygen atoms in total. The minimum Gasteiger partial charge on any atom is -0.456 e. The SMILES string of the molecule is Nc1cccc(Oc2cc(Oc3cccc(N)c3C(F)(F)F)c(C(F)(F)F)cc2F)c1C(F)(F)F. The van der Waals surface area contributed by atoms with Crippen LogP contribution in [0, 0.1) is 5.82 Å². The van der Waals surface area contributed by atoms with Crippen molar-refractivity contribution >= 4 is 11.4 Å². The number of alkyl halides is 9. The molecule has 0 aliphatic heterocycles. The van der Waals surface area contributed by atoms with Gasteiger partial charge in [-0.25, -0.2) is 4.39 Å². The zero-order valence-corrected chi connectivity index (χ0v) is 16.9. The summed E-state index contributed by atoms with van der Waals surface area (Å²) in [7, 11) is 0. The molecular formula is C21H12F10N2O2. The lowest BCUT2D eigenvalue weighted by Gasteiger charge is -2.20. The van der Waals surface area contributed by atoms with Crippen LogP contribution in [0.5, 0.6) is 23.0 Å². The van der Waals surface area contributed by atoms with Gasteiger partial charge in [-0.3, -0.25) is 0 Å². The van der Waals surface area contributed by atoms with Crippen LogP contribution < -0.4 is 20.9 Å². The Morgan fingerprint density at radius 1 is 0.543 bits per heavy atom. The number of hydrogen-bond acceptors (Lipinski definition) is 4. The Balaban J connectivity index is 2.17. The van der Waals surface area contributed by atoms with Gasteiger partial charge >= 0.3 is 18.5 Å². The molecule has 3 aromatic rings. The second-order valence-electron chi connectivity index (χ2n) is 6.92. The van der Waals surface area contributed by atoms with E-state index in [4.69, 9.17) is 20.9 Å². The summed E-state index contributed by atoms with van der Waals surface area (Å²) in [6.45, 7) is 0. The first-order valence-corrected chi connectivity index (χ1v) is 9.18. The lowest BCUT2D eigenvalue weighted by atomic mass is 10.1. The van der Waals surface area contributed by atoms with E-state index in [9.17, 15) is 43.9 Å². The highest BCUT2D eigenvalue weighted by Crippen LogP contribution is 2.47. The first kappa shape index (κ1) is 25.8. The van der Waals surface area contributed by atoms with E-state index >= 15 is 0 Å². The third kappa shape index (κ3) is 5.46. The molecule has 0 aliphatic carbocycles. The van der Waals surface area contributed by atoms with Crippen molar-refractivity contribution in [3.05, 3.63) is 71.0 Å². The van der Waals surface area contributed by atoms with Gasteiger partial charge in [0.25, 0.3) is 0 Å². The van der Waals surface area contributed by atoms with Crippen molar-refractivity contribution in [3.63, 3.8) is 0 Å². The summed E-state index contributed by atoms with van der Waals surface area (Å²) in [4.78, 5) is 0. The van der Waals surface area contributed by atoms with E-state index in [0.717, 1.165) is 30.3 Å². The van der Waals surface area contributed by atoms with Crippen molar-refractivity contribution < 1.29 is 53.4 Å². The molecular weight excluding hydrogens is 502 g/mol. The molecule has 0 spiro atoms. The second kappa shape index (κ2) is 8.74. The largest absolute Gasteiger partial charge is 0.456 e. The number of rotatable bonds is 4. The predicted molar refractivity (Wildman–Crippen MR) is 103 cm³/mol. The Bertz CT molecular complexity index is 1250. The third-order valence-electron chi connectivity index (χ3n) is 4.46. The lowest BCUT2D eigenvalue weighted by Crippen LogP contribution is -2.13. The molecule has 0 amide bonds. The fourth-order valence-electron chi connectivity index (χ4n) is 3.03. The van der Waals surface area contributed by atoms with Crippen LogP contribution in [-0.2, 0) is 18.5 Å². The molecule has 0 aromatic heterocycles. The summed E-state index contributed by atoms with van der Waals surface area (Å²) in [5.41, 5.74) is 3.86. The van der Waals surface area contributed by atoms with E-state index in [1.165, 1.54) is 0 Å².